The zero-order chi connectivity index (χ0) is 18.9. The van der Waals surface area contributed by atoms with Crippen molar-refractivity contribution in [2.24, 2.45) is 0 Å². The quantitative estimate of drug-likeness (QED) is 0.746. The molecule has 0 saturated carbocycles. The molecule has 0 atom stereocenters. The van der Waals surface area contributed by atoms with Gasteiger partial charge in [0.05, 0.1) is 16.4 Å². The normalized spacial score (nSPS) is 17.5. The minimum atomic E-state index is -3.68. The molecule has 0 amide bonds. The van der Waals surface area contributed by atoms with Gasteiger partial charge in [-0.2, -0.15) is 4.31 Å². The van der Waals surface area contributed by atoms with Crippen LogP contribution in [0, 0.1) is 6.92 Å². The average Bonchev–Trinajstić information content (AvgIpc) is 3.09. The molecule has 0 N–H and O–H groups in total. The fraction of sp³-hybridized carbons (Fsp3) is 0.412. The number of hydrogen-bond donors (Lipinski definition) is 0. The van der Waals surface area contributed by atoms with Crippen LogP contribution in [0.25, 0.3) is 0 Å². The topological polar surface area (TPSA) is 84.7 Å². The molecule has 0 radical (unpaired) electrons. The SMILES string of the molecule is Cc1ccc(S(=O)(=O)N2CCC(S(=O)(=O)Cc3ccco3)CC2)cc1Cl. The summed E-state index contributed by atoms with van der Waals surface area (Å²) < 4.78 is 57.0. The number of aryl methyl sites for hydroxylation is 1. The Labute approximate surface area is 158 Å². The molecule has 0 unspecified atom stereocenters. The Morgan fingerprint density at radius 2 is 1.85 bits per heavy atom. The molecule has 3 rings (SSSR count). The lowest BCUT2D eigenvalue weighted by Gasteiger charge is -2.30. The predicted octanol–water partition coefficient (Wildman–Crippen LogP) is 3.01. The van der Waals surface area contributed by atoms with Gasteiger partial charge in [0.2, 0.25) is 10.0 Å². The molecule has 0 bridgehead atoms. The molecule has 1 fully saturated rings. The molecule has 142 valence electrons. The molecule has 0 aliphatic carbocycles. The summed E-state index contributed by atoms with van der Waals surface area (Å²) in [6, 6.07) is 7.89. The van der Waals surface area contributed by atoms with Crippen LogP contribution in [0.15, 0.2) is 45.9 Å². The van der Waals surface area contributed by atoms with E-state index in [2.05, 4.69) is 0 Å². The number of nitrogens with zero attached hydrogens (tertiary/aromatic N) is 1. The monoisotopic (exact) mass is 417 g/mol. The van der Waals surface area contributed by atoms with E-state index in [0.29, 0.717) is 10.8 Å². The molecule has 1 saturated heterocycles. The molecule has 0 spiro atoms. The maximum Gasteiger partial charge on any atom is 0.243 e. The highest BCUT2D eigenvalue weighted by Gasteiger charge is 2.35. The Balaban J connectivity index is 1.70. The number of sulfone groups is 1. The zero-order valence-corrected chi connectivity index (χ0v) is 16.6. The van der Waals surface area contributed by atoms with Gasteiger partial charge < -0.3 is 4.42 Å². The Morgan fingerprint density at radius 1 is 1.15 bits per heavy atom. The molecule has 1 aromatic carbocycles. The second kappa shape index (κ2) is 7.34. The summed E-state index contributed by atoms with van der Waals surface area (Å²) in [6.07, 6.45) is 1.97. The molecule has 1 aliphatic rings. The predicted molar refractivity (Wildman–Crippen MR) is 99.3 cm³/mol. The van der Waals surface area contributed by atoms with Crippen molar-refractivity contribution >= 4 is 31.5 Å². The van der Waals surface area contributed by atoms with E-state index < -0.39 is 25.1 Å². The van der Waals surface area contributed by atoms with E-state index in [0.717, 1.165) is 5.56 Å². The first-order valence-electron chi connectivity index (χ1n) is 8.20. The van der Waals surface area contributed by atoms with Crippen molar-refractivity contribution in [2.75, 3.05) is 13.1 Å². The minimum Gasteiger partial charge on any atom is -0.468 e. The molecule has 6 nitrogen and oxygen atoms in total. The van der Waals surface area contributed by atoms with Crippen LogP contribution in [0.5, 0.6) is 0 Å². The lowest BCUT2D eigenvalue weighted by Crippen LogP contribution is -2.42. The maximum absolute atomic E-state index is 12.8. The second-order valence-electron chi connectivity index (χ2n) is 6.40. The number of benzene rings is 1. The van der Waals surface area contributed by atoms with Crippen LogP contribution < -0.4 is 0 Å². The zero-order valence-electron chi connectivity index (χ0n) is 14.3. The van der Waals surface area contributed by atoms with Crippen molar-refractivity contribution in [3.8, 4) is 0 Å². The van der Waals surface area contributed by atoms with Gasteiger partial charge in [-0.3, -0.25) is 0 Å². The van der Waals surface area contributed by atoms with Crippen LogP contribution >= 0.6 is 11.6 Å². The molecule has 9 heteroatoms. The summed E-state index contributed by atoms with van der Waals surface area (Å²) in [6.45, 7) is 2.12. The lowest BCUT2D eigenvalue weighted by molar-refractivity contribution is 0.345. The van der Waals surface area contributed by atoms with E-state index in [1.807, 2.05) is 0 Å². The number of halogens is 1. The van der Waals surface area contributed by atoms with Gasteiger partial charge in [0.1, 0.15) is 11.5 Å². The average molecular weight is 418 g/mol. The maximum atomic E-state index is 12.8. The first kappa shape index (κ1) is 19.4. The van der Waals surface area contributed by atoms with E-state index in [4.69, 9.17) is 16.0 Å². The van der Waals surface area contributed by atoms with E-state index in [-0.39, 0.29) is 36.6 Å². The Morgan fingerprint density at radius 3 is 2.42 bits per heavy atom. The van der Waals surface area contributed by atoms with Crippen molar-refractivity contribution in [3.05, 3.63) is 52.9 Å². The van der Waals surface area contributed by atoms with E-state index in [1.54, 1.807) is 25.1 Å². The molecular formula is C17H20ClNO5S2. The van der Waals surface area contributed by atoms with E-state index in [9.17, 15) is 16.8 Å². The Kier molecular flexibility index (Phi) is 5.48. The smallest absolute Gasteiger partial charge is 0.243 e. The van der Waals surface area contributed by atoms with E-state index >= 15 is 0 Å². The molecule has 1 aromatic heterocycles. The number of piperidine rings is 1. The van der Waals surface area contributed by atoms with Gasteiger partial charge in [-0.25, -0.2) is 16.8 Å². The first-order chi connectivity index (χ1) is 12.2. The van der Waals surface area contributed by atoms with E-state index in [1.165, 1.54) is 22.7 Å². The lowest BCUT2D eigenvalue weighted by atomic mass is 10.2. The van der Waals surface area contributed by atoms with Crippen LogP contribution in [-0.4, -0.2) is 39.5 Å². The van der Waals surface area contributed by atoms with Gasteiger partial charge in [0.15, 0.2) is 9.84 Å². The summed E-state index contributed by atoms with van der Waals surface area (Å²) in [4.78, 5) is 0.130. The summed E-state index contributed by atoms with van der Waals surface area (Å²) in [5.41, 5.74) is 0.799. The van der Waals surface area contributed by atoms with Gasteiger partial charge in [-0.05, 0) is 49.6 Å². The van der Waals surface area contributed by atoms with Crippen molar-refractivity contribution in [1.29, 1.82) is 0 Å². The third-order valence-corrected chi connectivity index (χ3v) is 9.09. The van der Waals surface area contributed by atoms with Gasteiger partial charge in [-0.1, -0.05) is 17.7 Å². The molecule has 2 aromatic rings. The summed E-state index contributed by atoms with van der Waals surface area (Å²) >= 11 is 6.04. The van der Waals surface area contributed by atoms with Gasteiger partial charge in [0, 0.05) is 18.1 Å². The first-order valence-corrected chi connectivity index (χ1v) is 11.7. The number of rotatable bonds is 5. The van der Waals surface area contributed by atoms with Crippen molar-refractivity contribution in [2.45, 2.75) is 35.7 Å². The number of hydrogen-bond acceptors (Lipinski definition) is 5. The number of furan rings is 1. The number of sulfonamides is 1. The summed E-state index contributed by atoms with van der Waals surface area (Å²) in [7, 11) is -7.07. The highest BCUT2D eigenvalue weighted by Crippen LogP contribution is 2.27. The summed E-state index contributed by atoms with van der Waals surface area (Å²) in [5, 5.41) is -0.178. The Hall–Kier alpha value is -1.35. The van der Waals surface area contributed by atoms with Crippen LogP contribution in [0.1, 0.15) is 24.2 Å². The fourth-order valence-electron chi connectivity index (χ4n) is 3.03. The van der Waals surface area contributed by atoms with Crippen LogP contribution in [0.3, 0.4) is 0 Å². The van der Waals surface area contributed by atoms with Gasteiger partial charge >= 0.3 is 0 Å². The third kappa shape index (κ3) is 3.98. The second-order valence-corrected chi connectivity index (χ2v) is 11.0. The van der Waals surface area contributed by atoms with Crippen molar-refractivity contribution < 1.29 is 21.3 Å². The molecular weight excluding hydrogens is 398 g/mol. The highest BCUT2D eigenvalue weighted by molar-refractivity contribution is 7.91. The summed E-state index contributed by atoms with van der Waals surface area (Å²) in [5.74, 6) is 0.236. The van der Waals surface area contributed by atoms with Gasteiger partial charge in [0.25, 0.3) is 0 Å². The standard InChI is InChI=1S/C17H20ClNO5S2/c1-13-4-5-16(11-17(13)18)26(22,23)19-8-6-15(7-9-19)25(20,21)12-14-3-2-10-24-14/h2-5,10-11,15H,6-9,12H2,1H3. The molecule has 26 heavy (non-hydrogen) atoms. The van der Waals surface area contributed by atoms with Crippen molar-refractivity contribution in [1.82, 2.24) is 4.31 Å². The van der Waals surface area contributed by atoms with Crippen molar-refractivity contribution in [3.63, 3.8) is 0 Å². The largest absolute Gasteiger partial charge is 0.468 e. The van der Waals surface area contributed by atoms with Crippen LogP contribution in [-0.2, 0) is 25.6 Å². The van der Waals surface area contributed by atoms with Crippen LogP contribution in [0.2, 0.25) is 5.02 Å². The van der Waals surface area contributed by atoms with Gasteiger partial charge in [-0.15, -0.1) is 0 Å². The van der Waals surface area contributed by atoms with Crippen LogP contribution in [0.4, 0.5) is 0 Å². The minimum absolute atomic E-state index is 0.130. The Bertz CT molecular complexity index is 976. The molecule has 1 aliphatic heterocycles. The molecule has 2 heterocycles. The highest BCUT2D eigenvalue weighted by atomic mass is 35.5. The fourth-order valence-corrected chi connectivity index (χ4v) is 6.49. The third-order valence-electron chi connectivity index (χ3n) is 4.61.